The number of hydrogen-bond acceptors (Lipinski definition) is 3. The molecule has 3 N–H and O–H groups in total. The van der Waals surface area contributed by atoms with E-state index in [4.69, 9.17) is 16.3 Å². The molecule has 1 amide bonds. The van der Waals surface area contributed by atoms with Crippen molar-refractivity contribution < 1.29 is 14.6 Å². The third kappa shape index (κ3) is 3.59. The number of nitrogens with one attached hydrogen (secondary N) is 2. The summed E-state index contributed by atoms with van der Waals surface area (Å²) in [5, 5.41) is 14.2. The number of methoxy groups -OCH3 is 1. The molecule has 3 aromatic rings. The van der Waals surface area contributed by atoms with Crippen molar-refractivity contribution in [2.45, 2.75) is 6.10 Å². The zero-order valence-corrected chi connectivity index (χ0v) is 13.8. The lowest BCUT2D eigenvalue weighted by Crippen LogP contribution is -2.12. The van der Waals surface area contributed by atoms with E-state index in [2.05, 4.69) is 10.3 Å². The Balaban J connectivity index is 1.73. The van der Waals surface area contributed by atoms with E-state index in [1.165, 1.54) is 7.11 Å². The Morgan fingerprint density at radius 1 is 1.25 bits per heavy atom. The van der Waals surface area contributed by atoms with Crippen molar-refractivity contribution in [2.75, 3.05) is 19.0 Å². The Labute approximate surface area is 144 Å². The number of H-pyrrole nitrogens is 1. The van der Waals surface area contributed by atoms with Crippen molar-refractivity contribution in [3.8, 4) is 0 Å². The minimum Gasteiger partial charge on any atom is -0.386 e. The van der Waals surface area contributed by atoms with Crippen molar-refractivity contribution in [3.63, 3.8) is 0 Å². The molecule has 0 aliphatic heterocycles. The largest absolute Gasteiger partial charge is 0.386 e. The maximum Gasteiger partial charge on any atom is 0.272 e. The molecular weight excluding hydrogens is 328 g/mol. The number of halogens is 1. The van der Waals surface area contributed by atoms with E-state index in [1.807, 2.05) is 6.07 Å². The van der Waals surface area contributed by atoms with Crippen LogP contribution in [-0.4, -0.2) is 29.7 Å². The van der Waals surface area contributed by atoms with Crippen LogP contribution >= 0.6 is 11.6 Å². The van der Waals surface area contributed by atoms with Crippen LogP contribution in [0.4, 0.5) is 5.69 Å². The molecule has 1 aromatic heterocycles. The second kappa shape index (κ2) is 7.05. The molecule has 3 rings (SSSR count). The molecule has 0 spiro atoms. The second-order valence-electron chi connectivity index (χ2n) is 5.46. The van der Waals surface area contributed by atoms with Crippen LogP contribution in [0.3, 0.4) is 0 Å². The van der Waals surface area contributed by atoms with Crippen LogP contribution in [0.2, 0.25) is 5.02 Å². The second-order valence-corrected chi connectivity index (χ2v) is 5.90. The van der Waals surface area contributed by atoms with E-state index in [9.17, 15) is 9.90 Å². The first-order valence-corrected chi connectivity index (χ1v) is 7.81. The lowest BCUT2D eigenvalue weighted by molar-refractivity contribution is 0.0644. The Kier molecular flexibility index (Phi) is 4.85. The van der Waals surface area contributed by atoms with Gasteiger partial charge in [-0.2, -0.15) is 0 Å². The first-order valence-electron chi connectivity index (χ1n) is 7.43. The molecule has 0 radical (unpaired) electrons. The summed E-state index contributed by atoms with van der Waals surface area (Å²) in [4.78, 5) is 15.4. The highest BCUT2D eigenvalue weighted by molar-refractivity contribution is 6.31. The summed E-state index contributed by atoms with van der Waals surface area (Å²) in [6, 6.07) is 14.2. The predicted molar refractivity (Wildman–Crippen MR) is 94.5 cm³/mol. The fourth-order valence-corrected chi connectivity index (χ4v) is 2.65. The fraction of sp³-hybridized carbons (Fsp3) is 0.167. The molecule has 124 valence electrons. The van der Waals surface area contributed by atoms with E-state index in [0.29, 0.717) is 16.4 Å². The highest BCUT2D eigenvalue weighted by Gasteiger charge is 2.11. The molecule has 0 saturated carbocycles. The van der Waals surface area contributed by atoms with Gasteiger partial charge >= 0.3 is 0 Å². The molecule has 0 aliphatic rings. The number of anilines is 1. The van der Waals surface area contributed by atoms with Crippen LogP contribution in [0, 0.1) is 0 Å². The SMILES string of the molecule is COCC(O)c1ccc(NC(=O)c2cc3cc(Cl)ccc3[nH]2)cc1. The summed E-state index contributed by atoms with van der Waals surface area (Å²) >= 11 is 5.96. The molecule has 0 aliphatic carbocycles. The van der Waals surface area contributed by atoms with E-state index in [0.717, 1.165) is 16.5 Å². The standard InChI is InChI=1S/C18H17ClN2O3/c1-24-10-17(22)11-2-5-14(6-3-11)20-18(23)16-9-12-8-13(19)4-7-15(12)21-16/h2-9,17,21-22H,10H2,1H3,(H,20,23). The lowest BCUT2D eigenvalue weighted by atomic mass is 10.1. The smallest absolute Gasteiger partial charge is 0.272 e. The average molecular weight is 345 g/mol. The Hall–Kier alpha value is -2.34. The van der Waals surface area contributed by atoms with Gasteiger partial charge in [-0.3, -0.25) is 4.79 Å². The van der Waals surface area contributed by atoms with Crippen LogP contribution in [0.5, 0.6) is 0 Å². The molecule has 1 atom stereocenters. The Morgan fingerprint density at radius 2 is 2.00 bits per heavy atom. The van der Waals surface area contributed by atoms with Gasteiger partial charge in [0.1, 0.15) is 11.8 Å². The minimum absolute atomic E-state index is 0.226. The molecule has 2 aromatic carbocycles. The molecule has 0 saturated heterocycles. The van der Waals surface area contributed by atoms with Crippen LogP contribution in [0.15, 0.2) is 48.5 Å². The molecule has 0 bridgehead atoms. The number of aromatic amines is 1. The monoisotopic (exact) mass is 344 g/mol. The summed E-state index contributed by atoms with van der Waals surface area (Å²) in [7, 11) is 1.53. The molecule has 1 heterocycles. The van der Waals surface area contributed by atoms with Crippen molar-refractivity contribution in [2.24, 2.45) is 0 Å². The number of carbonyl (C=O) groups excluding carboxylic acids is 1. The summed E-state index contributed by atoms with van der Waals surface area (Å²) in [5.74, 6) is -0.243. The topological polar surface area (TPSA) is 74.3 Å². The lowest BCUT2D eigenvalue weighted by Gasteiger charge is -2.10. The molecular formula is C18H17ClN2O3. The van der Waals surface area contributed by atoms with Crippen LogP contribution in [-0.2, 0) is 4.74 Å². The molecule has 6 heteroatoms. The number of amides is 1. The van der Waals surface area contributed by atoms with Crippen molar-refractivity contribution in [1.82, 2.24) is 4.98 Å². The quantitative estimate of drug-likeness (QED) is 0.659. The number of fused-ring (bicyclic) bond motifs is 1. The molecule has 24 heavy (non-hydrogen) atoms. The van der Waals surface area contributed by atoms with Gasteiger partial charge < -0.3 is 20.1 Å². The number of benzene rings is 2. The first-order chi connectivity index (χ1) is 11.6. The average Bonchev–Trinajstić information content (AvgIpc) is 2.99. The normalized spacial score (nSPS) is 12.3. The zero-order valence-electron chi connectivity index (χ0n) is 13.0. The number of carbonyl (C=O) groups is 1. The maximum atomic E-state index is 12.3. The highest BCUT2D eigenvalue weighted by Crippen LogP contribution is 2.21. The minimum atomic E-state index is -0.682. The summed E-state index contributed by atoms with van der Waals surface area (Å²) in [5.41, 5.74) is 2.68. The van der Waals surface area contributed by atoms with Crippen molar-refractivity contribution >= 4 is 34.1 Å². The molecule has 5 nitrogen and oxygen atoms in total. The summed E-state index contributed by atoms with van der Waals surface area (Å²) < 4.78 is 4.91. The third-order valence-corrected chi connectivity index (χ3v) is 3.94. The number of hydrogen-bond donors (Lipinski definition) is 3. The molecule has 0 fully saturated rings. The predicted octanol–water partition coefficient (Wildman–Crippen LogP) is 3.75. The number of ether oxygens (including phenoxy) is 1. The van der Waals surface area contributed by atoms with Crippen LogP contribution in [0.1, 0.15) is 22.2 Å². The molecule has 1 unspecified atom stereocenters. The number of aliphatic hydroxyl groups excluding tert-OH is 1. The zero-order chi connectivity index (χ0) is 17.1. The van der Waals surface area contributed by atoms with Gasteiger partial charge in [-0.25, -0.2) is 0 Å². The van der Waals surface area contributed by atoms with Crippen molar-refractivity contribution in [1.29, 1.82) is 0 Å². The number of rotatable bonds is 5. The Bertz CT molecular complexity index is 858. The third-order valence-electron chi connectivity index (χ3n) is 3.71. The Morgan fingerprint density at radius 3 is 2.71 bits per heavy atom. The summed E-state index contributed by atoms with van der Waals surface area (Å²) in [6.45, 7) is 0.226. The van der Waals surface area contributed by atoms with Gasteiger partial charge in [0, 0.05) is 28.7 Å². The van der Waals surface area contributed by atoms with Gasteiger partial charge in [0.05, 0.1) is 6.61 Å². The van der Waals surface area contributed by atoms with Gasteiger partial charge in [-0.05, 0) is 42.0 Å². The van der Waals surface area contributed by atoms with Gasteiger partial charge in [-0.15, -0.1) is 0 Å². The number of aliphatic hydroxyl groups is 1. The van der Waals surface area contributed by atoms with Crippen LogP contribution in [0.25, 0.3) is 10.9 Å². The van der Waals surface area contributed by atoms with E-state index in [1.54, 1.807) is 42.5 Å². The van der Waals surface area contributed by atoms with E-state index in [-0.39, 0.29) is 12.5 Å². The van der Waals surface area contributed by atoms with Crippen molar-refractivity contribution in [3.05, 3.63) is 64.8 Å². The van der Waals surface area contributed by atoms with Gasteiger partial charge in [0.15, 0.2) is 0 Å². The summed E-state index contributed by atoms with van der Waals surface area (Å²) in [6.07, 6.45) is -0.682. The fourth-order valence-electron chi connectivity index (χ4n) is 2.47. The van der Waals surface area contributed by atoms with Crippen LogP contribution < -0.4 is 5.32 Å². The van der Waals surface area contributed by atoms with Gasteiger partial charge in [0.25, 0.3) is 5.91 Å². The highest BCUT2D eigenvalue weighted by atomic mass is 35.5. The van der Waals surface area contributed by atoms with Gasteiger partial charge in [-0.1, -0.05) is 23.7 Å². The number of aromatic nitrogens is 1. The maximum absolute atomic E-state index is 12.3. The van der Waals surface area contributed by atoms with E-state index < -0.39 is 6.10 Å². The van der Waals surface area contributed by atoms with Gasteiger partial charge in [0.2, 0.25) is 0 Å². The first kappa shape index (κ1) is 16.5. The van der Waals surface area contributed by atoms with E-state index >= 15 is 0 Å².